The van der Waals surface area contributed by atoms with Crippen LogP contribution in [0.4, 0.5) is 0 Å². The Hall–Kier alpha value is -1.97. The van der Waals surface area contributed by atoms with Crippen LogP contribution in [0.3, 0.4) is 0 Å². The van der Waals surface area contributed by atoms with Gasteiger partial charge in [0.25, 0.3) is 0 Å². The molecule has 0 aromatic carbocycles. The Labute approximate surface area is 115 Å². The van der Waals surface area contributed by atoms with Crippen LogP contribution in [0.5, 0.6) is 0 Å². The fourth-order valence-corrected chi connectivity index (χ4v) is 1.52. The molecule has 0 aliphatic rings. The molecule has 20 heavy (non-hydrogen) atoms. The second-order valence-corrected chi connectivity index (χ2v) is 4.06. The van der Waals surface area contributed by atoms with E-state index in [2.05, 4.69) is 11.9 Å². The molecule has 0 saturated carbocycles. The summed E-state index contributed by atoms with van der Waals surface area (Å²) in [7, 11) is 0. The number of rotatable bonds is 11. The maximum absolute atomic E-state index is 10.6. The molecular formula is C11H18N2O7. The molecule has 114 valence electrons. The van der Waals surface area contributed by atoms with Gasteiger partial charge < -0.3 is 25.7 Å². The highest BCUT2D eigenvalue weighted by atomic mass is 16.4. The topological polar surface area (TPSA) is 147 Å². The standard InChI is InChI=1S/C11H18N2O7/c1-2-8(14)7(12-3-9(15)16)4-13(5-10(17)18)6-11(19)20/h2,7-8,12,14H,1,3-6H2,(H,15,16)(H,17,18)(H,19,20). The van der Waals surface area contributed by atoms with Gasteiger partial charge in [0, 0.05) is 12.6 Å². The van der Waals surface area contributed by atoms with Crippen LogP contribution in [0, 0.1) is 0 Å². The Bertz CT molecular complexity index is 356. The summed E-state index contributed by atoms with van der Waals surface area (Å²) in [4.78, 5) is 32.8. The van der Waals surface area contributed by atoms with Crippen LogP contribution in [0.2, 0.25) is 0 Å². The lowest BCUT2D eigenvalue weighted by Gasteiger charge is -2.27. The fraction of sp³-hybridized carbons (Fsp3) is 0.545. The van der Waals surface area contributed by atoms with Gasteiger partial charge in [-0.25, -0.2) is 0 Å². The van der Waals surface area contributed by atoms with Gasteiger partial charge in [-0.05, 0) is 0 Å². The van der Waals surface area contributed by atoms with Crippen LogP contribution in [0.1, 0.15) is 0 Å². The molecule has 0 aromatic rings. The number of aliphatic carboxylic acids is 3. The number of carboxylic acids is 3. The Morgan fingerprint density at radius 1 is 1.10 bits per heavy atom. The first-order chi connectivity index (χ1) is 9.26. The van der Waals surface area contributed by atoms with Crippen LogP contribution in [-0.4, -0.2) is 81.6 Å². The van der Waals surface area contributed by atoms with Crippen molar-refractivity contribution in [3.63, 3.8) is 0 Å². The van der Waals surface area contributed by atoms with Gasteiger partial charge in [0.2, 0.25) is 0 Å². The maximum Gasteiger partial charge on any atom is 0.317 e. The third-order valence-corrected chi connectivity index (χ3v) is 2.34. The summed E-state index contributed by atoms with van der Waals surface area (Å²) >= 11 is 0. The van der Waals surface area contributed by atoms with E-state index in [1.165, 1.54) is 0 Å². The average Bonchev–Trinajstić information content (AvgIpc) is 2.31. The SMILES string of the molecule is C=CC(O)C(CN(CC(=O)O)CC(=O)O)NCC(=O)O. The van der Waals surface area contributed by atoms with E-state index < -0.39 is 49.7 Å². The van der Waals surface area contributed by atoms with Crippen LogP contribution in [-0.2, 0) is 14.4 Å². The highest BCUT2D eigenvalue weighted by Crippen LogP contribution is 2.00. The summed E-state index contributed by atoms with van der Waals surface area (Å²) in [6, 6.07) is -0.845. The average molecular weight is 290 g/mol. The molecule has 2 atom stereocenters. The van der Waals surface area contributed by atoms with Crippen molar-refractivity contribution in [2.75, 3.05) is 26.2 Å². The van der Waals surface area contributed by atoms with E-state index in [1.807, 2.05) is 0 Å². The molecule has 0 saturated heterocycles. The number of aliphatic hydroxyl groups is 1. The number of carboxylic acid groups (broad SMARTS) is 3. The third-order valence-electron chi connectivity index (χ3n) is 2.34. The van der Waals surface area contributed by atoms with Gasteiger partial charge >= 0.3 is 17.9 Å². The van der Waals surface area contributed by atoms with Crippen molar-refractivity contribution in [1.82, 2.24) is 10.2 Å². The third kappa shape index (κ3) is 8.19. The van der Waals surface area contributed by atoms with Crippen molar-refractivity contribution < 1.29 is 34.8 Å². The first-order valence-electron chi connectivity index (χ1n) is 5.68. The van der Waals surface area contributed by atoms with Crippen molar-refractivity contribution in [3.8, 4) is 0 Å². The van der Waals surface area contributed by atoms with Crippen molar-refractivity contribution in [2.45, 2.75) is 12.1 Å². The summed E-state index contributed by atoms with van der Waals surface area (Å²) in [5.41, 5.74) is 0. The molecule has 0 rings (SSSR count). The smallest absolute Gasteiger partial charge is 0.317 e. The first-order valence-corrected chi connectivity index (χ1v) is 5.68. The molecule has 0 aliphatic carbocycles. The Kier molecular flexibility index (Phi) is 8.13. The van der Waals surface area contributed by atoms with E-state index in [1.54, 1.807) is 0 Å². The van der Waals surface area contributed by atoms with Crippen LogP contribution in [0.25, 0.3) is 0 Å². The van der Waals surface area contributed by atoms with Gasteiger partial charge in [0.15, 0.2) is 0 Å². The molecule has 0 radical (unpaired) electrons. The second kappa shape index (κ2) is 9.02. The number of nitrogens with one attached hydrogen (secondary N) is 1. The molecule has 0 aliphatic heterocycles. The number of hydrogen-bond acceptors (Lipinski definition) is 6. The predicted molar refractivity (Wildman–Crippen MR) is 67.3 cm³/mol. The minimum absolute atomic E-state index is 0.154. The first kappa shape index (κ1) is 18.0. The van der Waals surface area contributed by atoms with Crippen molar-refractivity contribution in [3.05, 3.63) is 12.7 Å². The molecule has 9 nitrogen and oxygen atoms in total. The monoisotopic (exact) mass is 290 g/mol. The molecule has 0 bridgehead atoms. The van der Waals surface area contributed by atoms with E-state index in [9.17, 15) is 19.5 Å². The minimum Gasteiger partial charge on any atom is -0.480 e. The van der Waals surface area contributed by atoms with Crippen LogP contribution in [0.15, 0.2) is 12.7 Å². The molecule has 0 heterocycles. The molecule has 0 amide bonds. The normalized spacial score (nSPS) is 13.7. The number of carbonyl (C=O) groups is 3. The number of hydrogen-bond donors (Lipinski definition) is 5. The quantitative estimate of drug-likeness (QED) is 0.274. The van der Waals surface area contributed by atoms with E-state index in [4.69, 9.17) is 15.3 Å². The molecule has 5 N–H and O–H groups in total. The zero-order valence-corrected chi connectivity index (χ0v) is 10.7. The Morgan fingerprint density at radius 2 is 1.60 bits per heavy atom. The molecule has 2 unspecified atom stereocenters. The highest BCUT2D eigenvalue weighted by molar-refractivity contribution is 5.72. The van der Waals surface area contributed by atoms with Gasteiger partial charge in [0.05, 0.1) is 25.7 Å². The predicted octanol–water partition coefficient (Wildman–Crippen LogP) is -1.95. The van der Waals surface area contributed by atoms with Crippen LogP contribution < -0.4 is 5.32 Å². The molecule has 0 spiro atoms. The lowest BCUT2D eigenvalue weighted by molar-refractivity contribution is -0.142. The van der Waals surface area contributed by atoms with Gasteiger partial charge in [-0.3, -0.25) is 19.3 Å². The molecule has 0 fully saturated rings. The Balaban J connectivity index is 4.75. The lowest BCUT2D eigenvalue weighted by atomic mass is 10.1. The van der Waals surface area contributed by atoms with Crippen molar-refractivity contribution in [2.24, 2.45) is 0 Å². The van der Waals surface area contributed by atoms with E-state index in [0.29, 0.717) is 0 Å². The minimum atomic E-state index is -1.23. The van der Waals surface area contributed by atoms with E-state index in [0.717, 1.165) is 11.0 Å². The fourth-order valence-electron chi connectivity index (χ4n) is 1.52. The zero-order valence-electron chi connectivity index (χ0n) is 10.7. The molecule has 0 aromatic heterocycles. The summed E-state index contributed by atoms with van der Waals surface area (Å²) < 4.78 is 0. The van der Waals surface area contributed by atoms with Gasteiger partial charge in [-0.15, -0.1) is 6.58 Å². The van der Waals surface area contributed by atoms with Gasteiger partial charge in [-0.1, -0.05) is 6.08 Å². The summed E-state index contributed by atoms with van der Waals surface area (Å²) in [6.45, 7) is 1.66. The zero-order chi connectivity index (χ0) is 15.7. The van der Waals surface area contributed by atoms with E-state index >= 15 is 0 Å². The largest absolute Gasteiger partial charge is 0.480 e. The van der Waals surface area contributed by atoms with Crippen molar-refractivity contribution in [1.29, 1.82) is 0 Å². The number of nitrogens with zero attached hydrogens (tertiary/aromatic N) is 1. The molecule has 9 heteroatoms. The van der Waals surface area contributed by atoms with E-state index in [-0.39, 0.29) is 6.54 Å². The Morgan fingerprint density at radius 3 is 1.95 bits per heavy atom. The van der Waals surface area contributed by atoms with Gasteiger partial charge in [0.1, 0.15) is 0 Å². The number of aliphatic hydroxyl groups excluding tert-OH is 1. The van der Waals surface area contributed by atoms with Crippen molar-refractivity contribution >= 4 is 17.9 Å². The summed E-state index contributed by atoms with van der Waals surface area (Å²) in [5, 5.41) is 38.1. The summed E-state index contributed by atoms with van der Waals surface area (Å²) in [6.07, 6.45) is 0.0126. The highest BCUT2D eigenvalue weighted by Gasteiger charge is 2.23. The summed E-state index contributed by atoms with van der Waals surface area (Å²) in [5.74, 6) is -3.61. The second-order valence-electron chi connectivity index (χ2n) is 4.06. The molecular weight excluding hydrogens is 272 g/mol. The van der Waals surface area contributed by atoms with Gasteiger partial charge in [-0.2, -0.15) is 0 Å². The maximum atomic E-state index is 10.6. The van der Waals surface area contributed by atoms with Crippen LogP contribution >= 0.6 is 0 Å². The lowest BCUT2D eigenvalue weighted by Crippen LogP contribution is -2.51.